The Morgan fingerprint density at radius 3 is 3.05 bits per heavy atom. The van der Waals surface area contributed by atoms with Gasteiger partial charge in [0.15, 0.2) is 12.5 Å². The van der Waals surface area contributed by atoms with E-state index in [9.17, 15) is 14.4 Å². The fraction of sp³-hybridized carbons (Fsp3) is 0.545. The van der Waals surface area contributed by atoms with E-state index in [1.54, 1.807) is 6.92 Å². The minimum absolute atomic E-state index is 0.107. The second-order valence-electron chi connectivity index (χ2n) is 4.22. The molecule has 9 nitrogen and oxygen atoms in total. The minimum atomic E-state index is -0.769. The normalized spacial score (nSPS) is 21.9. The van der Waals surface area contributed by atoms with Gasteiger partial charge in [-0.3, -0.25) is 19.1 Å². The van der Waals surface area contributed by atoms with Gasteiger partial charge in [0.1, 0.15) is 6.61 Å². The van der Waals surface area contributed by atoms with Crippen LogP contribution in [0.5, 0.6) is 0 Å². The Balaban J connectivity index is 2.03. The third kappa shape index (κ3) is 3.13. The minimum Gasteiger partial charge on any atom is -0.459 e. The molecule has 1 saturated heterocycles. The standard InChI is InChI=1S/C11H15N3O6/c1-6-3-14(11(17)13-10(6)16)7-4-19-9(20-7)5-18-8(15)2-12/h3,7,9H,2,4-5,12H2,1H3,(H,13,16,17). The Labute approximate surface area is 113 Å². The summed E-state index contributed by atoms with van der Waals surface area (Å²) in [5.74, 6) is -0.572. The lowest BCUT2D eigenvalue weighted by molar-refractivity contribution is -0.157. The number of ether oxygens (including phenoxy) is 3. The van der Waals surface area contributed by atoms with Crippen molar-refractivity contribution in [2.45, 2.75) is 19.4 Å². The molecule has 1 aliphatic heterocycles. The number of nitrogens with two attached hydrogens (primary N) is 1. The molecule has 2 atom stereocenters. The first-order valence-corrected chi connectivity index (χ1v) is 5.96. The van der Waals surface area contributed by atoms with Crippen molar-refractivity contribution >= 4 is 5.97 Å². The van der Waals surface area contributed by atoms with E-state index in [0.29, 0.717) is 5.56 Å². The van der Waals surface area contributed by atoms with E-state index < -0.39 is 29.7 Å². The van der Waals surface area contributed by atoms with Gasteiger partial charge < -0.3 is 19.9 Å². The second-order valence-corrected chi connectivity index (χ2v) is 4.22. The molecule has 1 fully saturated rings. The molecule has 1 aliphatic rings. The predicted molar refractivity (Wildman–Crippen MR) is 65.9 cm³/mol. The lowest BCUT2D eigenvalue weighted by atomic mass is 10.4. The summed E-state index contributed by atoms with van der Waals surface area (Å²) in [7, 11) is 0. The Morgan fingerprint density at radius 2 is 2.35 bits per heavy atom. The molecular weight excluding hydrogens is 270 g/mol. The molecule has 0 aliphatic carbocycles. The predicted octanol–water partition coefficient (Wildman–Crippen LogP) is -1.78. The van der Waals surface area contributed by atoms with Gasteiger partial charge in [-0.2, -0.15) is 0 Å². The van der Waals surface area contributed by atoms with Gasteiger partial charge in [0.2, 0.25) is 0 Å². The van der Waals surface area contributed by atoms with E-state index in [4.69, 9.17) is 19.9 Å². The summed E-state index contributed by atoms with van der Waals surface area (Å²) in [6, 6.07) is 0. The number of hydrogen-bond donors (Lipinski definition) is 2. The molecule has 0 radical (unpaired) electrons. The van der Waals surface area contributed by atoms with Crippen LogP contribution in [0.4, 0.5) is 0 Å². The first-order chi connectivity index (χ1) is 9.51. The SMILES string of the molecule is Cc1cn(C2COC(COC(=O)CN)O2)c(=O)[nH]c1=O. The summed E-state index contributed by atoms with van der Waals surface area (Å²) in [6.07, 6.45) is -0.0574. The monoisotopic (exact) mass is 285 g/mol. The van der Waals surface area contributed by atoms with E-state index in [2.05, 4.69) is 4.98 Å². The van der Waals surface area contributed by atoms with Gasteiger partial charge in [-0.25, -0.2) is 4.79 Å². The molecule has 3 N–H and O–H groups in total. The van der Waals surface area contributed by atoms with Crippen molar-refractivity contribution < 1.29 is 19.0 Å². The van der Waals surface area contributed by atoms with Gasteiger partial charge in [0, 0.05) is 11.8 Å². The molecule has 110 valence electrons. The zero-order valence-corrected chi connectivity index (χ0v) is 10.8. The van der Waals surface area contributed by atoms with Crippen LogP contribution in [0.2, 0.25) is 0 Å². The number of carbonyl (C=O) groups is 1. The molecular formula is C11H15N3O6. The average molecular weight is 285 g/mol. The van der Waals surface area contributed by atoms with Gasteiger partial charge in [-0.1, -0.05) is 0 Å². The molecule has 0 bridgehead atoms. The molecule has 2 unspecified atom stereocenters. The molecule has 1 aromatic heterocycles. The zero-order chi connectivity index (χ0) is 14.7. The van der Waals surface area contributed by atoms with E-state index in [1.165, 1.54) is 10.8 Å². The molecule has 0 amide bonds. The van der Waals surface area contributed by atoms with Crippen molar-refractivity contribution in [2.24, 2.45) is 5.73 Å². The number of aryl methyl sites for hydroxylation is 1. The zero-order valence-electron chi connectivity index (χ0n) is 10.8. The number of carbonyl (C=O) groups excluding carboxylic acids is 1. The van der Waals surface area contributed by atoms with Crippen molar-refractivity contribution in [1.29, 1.82) is 0 Å². The Morgan fingerprint density at radius 1 is 1.60 bits per heavy atom. The highest BCUT2D eigenvalue weighted by atomic mass is 16.7. The molecule has 2 heterocycles. The molecule has 1 aromatic rings. The van der Waals surface area contributed by atoms with Crippen LogP contribution in [0.1, 0.15) is 11.8 Å². The molecule has 20 heavy (non-hydrogen) atoms. The number of esters is 1. The maximum atomic E-state index is 11.7. The van der Waals surface area contributed by atoms with Gasteiger partial charge in [-0.05, 0) is 6.92 Å². The van der Waals surface area contributed by atoms with E-state index >= 15 is 0 Å². The third-order valence-corrected chi connectivity index (χ3v) is 2.74. The third-order valence-electron chi connectivity index (χ3n) is 2.74. The highest BCUT2D eigenvalue weighted by molar-refractivity contribution is 5.71. The first-order valence-electron chi connectivity index (χ1n) is 5.96. The lowest BCUT2D eigenvalue weighted by Gasteiger charge is -2.13. The number of nitrogens with one attached hydrogen (secondary N) is 1. The van der Waals surface area contributed by atoms with Crippen LogP contribution in [-0.4, -0.2) is 41.6 Å². The summed E-state index contributed by atoms with van der Waals surface area (Å²) >= 11 is 0. The molecule has 0 spiro atoms. The summed E-state index contributed by atoms with van der Waals surface area (Å²) < 4.78 is 16.7. The number of rotatable bonds is 4. The highest BCUT2D eigenvalue weighted by Crippen LogP contribution is 2.19. The number of hydrogen-bond acceptors (Lipinski definition) is 7. The van der Waals surface area contributed by atoms with Crippen molar-refractivity contribution in [3.8, 4) is 0 Å². The highest BCUT2D eigenvalue weighted by Gasteiger charge is 2.29. The van der Waals surface area contributed by atoms with Crippen LogP contribution in [0.15, 0.2) is 15.8 Å². The number of H-pyrrole nitrogens is 1. The molecule has 9 heteroatoms. The van der Waals surface area contributed by atoms with Gasteiger partial charge in [-0.15, -0.1) is 0 Å². The average Bonchev–Trinajstić information content (AvgIpc) is 2.88. The maximum Gasteiger partial charge on any atom is 0.330 e. The second kappa shape index (κ2) is 5.99. The van der Waals surface area contributed by atoms with Gasteiger partial charge in [0.05, 0.1) is 13.2 Å². The fourth-order valence-corrected chi connectivity index (χ4v) is 1.70. The van der Waals surface area contributed by atoms with Crippen LogP contribution >= 0.6 is 0 Å². The first kappa shape index (κ1) is 14.4. The van der Waals surface area contributed by atoms with Gasteiger partial charge in [0.25, 0.3) is 5.56 Å². The number of nitrogens with zero attached hydrogens (tertiary/aromatic N) is 1. The summed E-state index contributed by atoms with van der Waals surface area (Å²) in [5, 5.41) is 0. The van der Waals surface area contributed by atoms with E-state index in [-0.39, 0.29) is 19.8 Å². The number of aromatic amines is 1. The molecule has 0 aromatic carbocycles. The van der Waals surface area contributed by atoms with Crippen LogP contribution in [0, 0.1) is 6.92 Å². The Hall–Kier alpha value is -1.97. The summed E-state index contributed by atoms with van der Waals surface area (Å²) in [5.41, 5.74) is 4.44. The molecule has 2 rings (SSSR count). The van der Waals surface area contributed by atoms with Gasteiger partial charge >= 0.3 is 11.7 Å². The quantitative estimate of drug-likeness (QED) is 0.626. The van der Waals surface area contributed by atoms with E-state index in [1.807, 2.05) is 0 Å². The van der Waals surface area contributed by atoms with Crippen LogP contribution < -0.4 is 17.0 Å². The summed E-state index contributed by atoms with van der Waals surface area (Å²) in [4.78, 5) is 36.0. The maximum absolute atomic E-state index is 11.7. The Kier molecular flexibility index (Phi) is 4.32. The van der Waals surface area contributed by atoms with Crippen molar-refractivity contribution in [3.05, 3.63) is 32.6 Å². The topological polar surface area (TPSA) is 126 Å². The Bertz CT molecular complexity index is 607. The van der Waals surface area contributed by atoms with Crippen LogP contribution in [0.3, 0.4) is 0 Å². The lowest BCUT2D eigenvalue weighted by Crippen LogP contribution is -2.34. The number of aromatic nitrogens is 2. The fourth-order valence-electron chi connectivity index (χ4n) is 1.70. The van der Waals surface area contributed by atoms with Crippen molar-refractivity contribution in [2.75, 3.05) is 19.8 Å². The summed E-state index contributed by atoms with van der Waals surface area (Å²) in [6.45, 7) is 1.35. The largest absolute Gasteiger partial charge is 0.459 e. The molecule has 0 saturated carbocycles. The smallest absolute Gasteiger partial charge is 0.330 e. The van der Waals surface area contributed by atoms with Crippen LogP contribution in [0.25, 0.3) is 0 Å². The van der Waals surface area contributed by atoms with Crippen LogP contribution in [-0.2, 0) is 19.0 Å². The van der Waals surface area contributed by atoms with E-state index in [0.717, 1.165) is 0 Å². The van der Waals surface area contributed by atoms with Crippen molar-refractivity contribution in [1.82, 2.24) is 9.55 Å². The van der Waals surface area contributed by atoms with Crippen molar-refractivity contribution in [3.63, 3.8) is 0 Å².